The zero-order valence-electron chi connectivity index (χ0n) is 18.1. The Balaban J connectivity index is 1.79. The highest BCUT2D eigenvalue weighted by molar-refractivity contribution is 6.45. The lowest BCUT2D eigenvalue weighted by atomic mass is 9.97. The van der Waals surface area contributed by atoms with E-state index < -0.39 is 23.4 Å². The van der Waals surface area contributed by atoms with E-state index in [0.717, 1.165) is 28.2 Å². The summed E-state index contributed by atoms with van der Waals surface area (Å²) in [5.74, 6) is -3.00. The summed E-state index contributed by atoms with van der Waals surface area (Å²) in [5.41, 5.74) is 2.66. The molecule has 1 fully saturated rings. The van der Waals surface area contributed by atoms with E-state index in [1.807, 2.05) is 30.9 Å². The third-order valence-corrected chi connectivity index (χ3v) is 5.97. The lowest BCUT2D eigenvalue weighted by Crippen LogP contribution is -2.48. The van der Waals surface area contributed by atoms with Crippen molar-refractivity contribution in [3.63, 3.8) is 0 Å². The van der Waals surface area contributed by atoms with Crippen molar-refractivity contribution in [2.24, 2.45) is 0 Å². The number of β-amino-alcohol motifs (C(OH)–C–C–N with tert-alkyl or cyclic N) is 1. The van der Waals surface area contributed by atoms with Crippen LogP contribution in [-0.4, -0.2) is 66.1 Å². The maximum Gasteiger partial charge on any atom is 0.282 e. The van der Waals surface area contributed by atoms with Gasteiger partial charge in [-0.25, -0.2) is 13.7 Å². The summed E-state index contributed by atoms with van der Waals surface area (Å²) in [6.45, 7) is 6.61. The van der Waals surface area contributed by atoms with Crippen LogP contribution in [0.2, 0.25) is 0 Å². The molecule has 6 nitrogen and oxygen atoms in total. The number of halogens is 2. The fourth-order valence-corrected chi connectivity index (χ4v) is 4.37. The van der Waals surface area contributed by atoms with Crippen molar-refractivity contribution >= 4 is 23.1 Å². The fraction of sp³-hybridized carbons (Fsp3) is 0.333. The van der Waals surface area contributed by atoms with Crippen molar-refractivity contribution in [3.8, 4) is 0 Å². The molecule has 0 radical (unpaired) electrons. The summed E-state index contributed by atoms with van der Waals surface area (Å²) in [5, 5.41) is 9.19. The first-order valence-corrected chi connectivity index (χ1v) is 10.6. The molecular formula is C24H25F2N3O3. The Labute approximate surface area is 185 Å². The molecule has 0 aromatic heterocycles. The molecule has 1 N–H and O–H groups in total. The number of hydrogen-bond donors (Lipinski definition) is 1. The molecule has 32 heavy (non-hydrogen) atoms. The topological polar surface area (TPSA) is 64.1 Å². The van der Waals surface area contributed by atoms with E-state index in [9.17, 15) is 23.5 Å². The van der Waals surface area contributed by atoms with Gasteiger partial charge in [0.25, 0.3) is 11.8 Å². The molecule has 0 aliphatic carbocycles. The van der Waals surface area contributed by atoms with E-state index in [0.29, 0.717) is 44.4 Å². The maximum atomic E-state index is 14.6. The van der Waals surface area contributed by atoms with Crippen molar-refractivity contribution in [1.29, 1.82) is 0 Å². The fourth-order valence-electron chi connectivity index (χ4n) is 4.37. The SMILES string of the molecule is Cc1ccc(C2=C(N3CCN(CCO)CC3)C(=O)N(c3ccc(F)cc3F)C2=O)c(C)c1. The summed E-state index contributed by atoms with van der Waals surface area (Å²) in [6, 6.07) is 8.41. The normalized spacial score (nSPS) is 17.7. The smallest absolute Gasteiger partial charge is 0.282 e. The second-order valence-corrected chi connectivity index (χ2v) is 8.14. The standard InChI is InChI=1S/C24H25F2N3O3/c1-15-3-5-18(16(2)13-15)21-22(28-9-7-27(8-10-28)11-12-30)24(32)29(23(21)31)20-6-4-17(25)14-19(20)26/h3-6,13-14,30H,7-12H2,1-2H3. The van der Waals surface area contributed by atoms with E-state index in [-0.39, 0.29) is 23.6 Å². The van der Waals surface area contributed by atoms with Crippen molar-refractivity contribution in [2.45, 2.75) is 13.8 Å². The molecule has 168 valence electrons. The summed E-state index contributed by atoms with van der Waals surface area (Å²) in [6.07, 6.45) is 0. The predicted octanol–water partition coefficient (Wildman–Crippen LogP) is 2.48. The van der Waals surface area contributed by atoms with Crippen LogP contribution in [0.5, 0.6) is 0 Å². The molecule has 2 aromatic carbocycles. The molecule has 0 unspecified atom stereocenters. The van der Waals surface area contributed by atoms with Crippen molar-refractivity contribution in [3.05, 3.63) is 70.4 Å². The van der Waals surface area contributed by atoms with Crippen molar-refractivity contribution in [2.75, 3.05) is 44.2 Å². The Morgan fingerprint density at radius 3 is 2.28 bits per heavy atom. The Hall–Kier alpha value is -3.10. The van der Waals surface area contributed by atoms with Gasteiger partial charge in [-0.1, -0.05) is 23.8 Å². The van der Waals surface area contributed by atoms with Gasteiger partial charge >= 0.3 is 0 Å². The predicted molar refractivity (Wildman–Crippen MR) is 117 cm³/mol. The second-order valence-electron chi connectivity index (χ2n) is 8.14. The summed E-state index contributed by atoms with van der Waals surface area (Å²) >= 11 is 0. The molecule has 2 aliphatic heterocycles. The van der Waals surface area contributed by atoms with Gasteiger partial charge in [-0.15, -0.1) is 0 Å². The van der Waals surface area contributed by atoms with Crippen LogP contribution in [0.1, 0.15) is 16.7 Å². The first kappa shape index (κ1) is 22.1. The van der Waals surface area contributed by atoms with E-state index >= 15 is 0 Å². The molecule has 0 spiro atoms. The average molecular weight is 441 g/mol. The van der Waals surface area contributed by atoms with E-state index in [2.05, 4.69) is 4.90 Å². The number of aliphatic hydroxyl groups is 1. The molecule has 2 aliphatic rings. The highest BCUT2D eigenvalue weighted by Gasteiger charge is 2.44. The third kappa shape index (κ3) is 3.91. The van der Waals surface area contributed by atoms with E-state index in [4.69, 9.17) is 0 Å². The minimum absolute atomic E-state index is 0.0472. The molecule has 2 heterocycles. The highest BCUT2D eigenvalue weighted by Crippen LogP contribution is 2.37. The summed E-state index contributed by atoms with van der Waals surface area (Å²) in [4.78, 5) is 31.8. The van der Waals surface area contributed by atoms with Crippen LogP contribution in [0.25, 0.3) is 5.57 Å². The monoisotopic (exact) mass is 441 g/mol. The minimum Gasteiger partial charge on any atom is -0.395 e. The molecule has 2 aromatic rings. The number of anilines is 1. The van der Waals surface area contributed by atoms with Gasteiger partial charge in [0, 0.05) is 38.8 Å². The quantitative estimate of drug-likeness (QED) is 0.723. The van der Waals surface area contributed by atoms with E-state index in [1.165, 1.54) is 0 Å². The first-order valence-electron chi connectivity index (χ1n) is 10.6. The molecule has 2 amide bonds. The summed E-state index contributed by atoms with van der Waals surface area (Å²) < 4.78 is 28.0. The number of imide groups is 1. The average Bonchev–Trinajstić information content (AvgIpc) is 2.99. The molecular weight excluding hydrogens is 416 g/mol. The number of piperazine rings is 1. The molecule has 0 atom stereocenters. The minimum atomic E-state index is -0.972. The van der Waals surface area contributed by atoms with Crippen LogP contribution in [0.3, 0.4) is 0 Å². The van der Waals surface area contributed by atoms with Gasteiger partial charge < -0.3 is 10.0 Å². The van der Waals surface area contributed by atoms with Gasteiger partial charge in [0.1, 0.15) is 17.3 Å². The number of carbonyl (C=O) groups excluding carboxylic acids is 2. The van der Waals surface area contributed by atoms with Crippen molar-refractivity contribution in [1.82, 2.24) is 9.80 Å². The lowest BCUT2D eigenvalue weighted by molar-refractivity contribution is -0.120. The first-order chi connectivity index (χ1) is 15.3. The zero-order chi connectivity index (χ0) is 23.0. The van der Waals surface area contributed by atoms with Gasteiger partial charge in [-0.05, 0) is 37.1 Å². The molecule has 0 bridgehead atoms. The van der Waals surface area contributed by atoms with Gasteiger partial charge in [-0.3, -0.25) is 14.5 Å². The Morgan fingerprint density at radius 1 is 0.938 bits per heavy atom. The van der Waals surface area contributed by atoms with Gasteiger partial charge in [0.15, 0.2) is 0 Å². The molecule has 4 rings (SSSR count). The maximum absolute atomic E-state index is 14.6. The van der Waals surface area contributed by atoms with Crippen LogP contribution < -0.4 is 4.90 Å². The number of rotatable bonds is 5. The number of aliphatic hydroxyl groups excluding tert-OH is 1. The second kappa shape index (κ2) is 8.80. The number of aryl methyl sites for hydroxylation is 2. The number of carbonyl (C=O) groups is 2. The zero-order valence-corrected chi connectivity index (χ0v) is 18.1. The Bertz CT molecular complexity index is 1110. The number of hydrogen-bond acceptors (Lipinski definition) is 5. The molecule has 8 heteroatoms. The largest absolute Gasteiger partial charge is 0.395 e. The van der Waals surface area contributed by atoms with Gasteiger partial charge in [0.05, 0.1) is 17.9 Å². The highest BCUT2D eigenvalue weighted by atomic mass is 19.1. The van der Waals surface area contributed by atoms with Crippen LogP contribution in [0, 0.1) is 25.5 Å². The third-order valence-electron chi connectivity index (χ3n) is 5.97. The van der Waals surface area contributed by atoms with Crippen LogP contribution >= 0.6 is 0 Å². The van der Waals surface area contributed by atoms with Gasteiger partial charge in [0.2, 0.25) is 0 Å². The lowest BCUT2D eigenvalue weighted by Gasteiger charge is -2.36. The number of nitrogens with zero attached hydrogens (tertiary/aromatic N) is 3. The Kier molecular flexibility index (Phi) is 6.08. The van der Waals surface area contributed by atoms with Crippen LogP contribution in [0.4, 0.5) is 14.5 Å². The van der Waals surface area contributed by atoms with Crippen molar-refractivity contribution < 1.29 is 23.5 Å². The van der Waals surface area contributed by atoms with E-state index in [1.54, 1.807) is 6.07 Å². The summed E-state index contributed by atoms with van der Waals surface area (Å²) in [7, 11) is 0. The number of amides is 2. The molecule has 1 saturated heterocycles. The van der Waals surface area contributed by atoms with Gasteiger partial charge in [-0.2, -0.15) is 0 Å². The van der Waals surface area contributed by atoms with Crippen LogP contribution in [0.15, 0.2) is 42.1 Å². The molecule has 0 saturated carbocycles. The Morgan fingerprint density at radius 2 is 1.66 bits per heavy atom. The van der Waals surface area contributed by atoms with Crippen LogP contribution in [-0.2, 0) is 9.59 Å². The number of benzene rings is 2.